The van der Waals surface area contributed by atoms with Crippen LogP contribution in [0.5, 0.6) is 11.5 Å². The number of methoxy groups -OCH3 is 2. The number of halogens is 1. The smallest absolute Gasteiger partial charge is 0.159 e. The summed E-state index contributed by atoms with van der Waals surface area (Å²) in [5.41, 5.74) is 7.95. The molecule has 134 valence electrons. The summed E-state index contributed by atoms with van der Waals surface area (Å²) in [5.74, 6) is 1.92. The van der Waals surface area contributed by atoms with E-state index >= 15 is 0 Å². The Balaban J connectivity index is 1.91. The highest BCUT2D eigenvalue weighted by Gasteiger charge is 2.14. The zero-order valence-electron chi connectivity index (χ0n) is 14.2. The fraction of sp³-hybridized carbons (Fsp3) is 0.118. The maximum absolute atomic E-state index is 6.20. The number of anilines is 5. The highest BCUT2D eigenvalue weighted by atomic mass is 35.5. The van der Waals surface area contributed by atoms with E-state index in [1.807, 2.05) is 0 Å². The first-order valence-corrected chi connectivity index (χ1v) is 7.96. The number of nitrogens with two attached hydrogens (primary N) is 1. The van der Waals surface area contributed by atoms with Crippen LogP contribution in [0.3, 0.4) is 0 Å². The molecule has 3 aromatic rings. The molecule has 26 heavy (non-hydrogen) atoms. The lowest BCUT2D eigenvalue weighted by Gasteiger charge is -2.15. The van der Waals surface area contributed by atoms with Gasteiger partial charge in [0.05, 0.1) is 24.9 Å². The number of hydrogen-bond acceptors (Lipinski definition) is 8. The van der Waals surface area contributed by atoms with Crippen molar-refractivity contribution in [2.75, 3.05) is 30.6 Å². The molecule has 1 aromatic carbocycles. The number of ether oxygens (including phenoxy) is 2. The lowest BCUT2D eigenvalue weighted by molar-refractivity contribution is 0.396. The largest absolute Gasteiger partial charge is 0.495 e. The third-order valence-electron chi connectivity index (χ3n) is 3.55. The number of benzene rings is 1. The molecule has 0 amide bonds. The summed E-state index contributed by atoms with van der Waals surface area (Å²) >= 11 is 6.20. The maximum Gasteiger partial charge on any atom is 0.159 e. The molecule has 0 spiro atoms. The quantitative estimate of drug-likeness (QED) is 0.602. The predicted molar refractivity (Wildman–Crippen MR) is 102 cm³/mol. The molecule has 0 radical (unpaired) electrons. The molecular weight excluding hydrogens is 356 g/mol. The van der Waals surface area contributed by atoms with Crippen molar-refractivity contribution in [3.8, 4) is 11.5 Å². The van der Waals surface area contributed by atoms with Crippen molar-refractivity contribution < 1.29 is 9.47 Å². The van der Waals surface area contributed by atoms with Crippen LogP contribution in [0.1, 0.15) is 0 Å². The molecule has 0 saturated carbocycles. The Morgan fingerprint density at radius 2 is 1.62 bits per heavy atom. The molecule has 2 aromatic heterocycles. The van der Waals surface area contributed by atoms with Gasteiger partial charge in [0.2, 0.25) is 0 Å². The van der Waals surface area contributed by atoms with E-state index in [-0.39, 0.29) is 0 Å². The minimum atomic E-state index is 0.346. The molecule has 0 bridgehead atoms. The van der Waals surface area contributed by atoms with Crippen LogP contribution in [0.4, 0.5) is 28.7 Å². The molecule has 0 aliphatic heterocycles. The van der Waals surface area contributed by atoms with Gasteiger partial charge in [-0.2, -0.15) is 0 Å². The van der Waals surface area contributed by atoms with Gasteiger partial charge in [-0.15, -0.1) is 0 Å². The molecule has 8 nitrogen and oxygen atoms in total. The van der Waals surface area contributed by atoms with Gasteiger partial charge in [-0.3, -0.25) is 4.98 Å². The van der Waals surface area contributed by atoms with Crippen molar-refractivity contribution in [3.63, 3.8) is 0 Å². The van der Waals surface area contributed by atoms with E-state index in [0.29, 0.717) is 39.5 Å². The molecule has 0 unspecified atom stereocenters. The van der Waals surface area contributed by atoms with Gasteiger partial charge in [-0.1, -0.05) is 11.6 Å². The summed E-state index contributed by atoms with van der Waals surface area (Å²) in [6.45, 7) is 0. The first-order valence-electron chi connectivity index (χ1n) is 7.58. The van der Waals surface area contributed by atoms with Gasteiger partial charge >= 0.3 is 0 Å². The fourth-order valence-electron chi connectivity index (χ4n) is 2.25. The number of nitrogens with zero attached hydrogens (tertiary/aromatic N) is 3. The molecule has 0 saturated heterocycles. The van der Waals surface area contributed by atoms with E-state index in [1.165, 1.54) is 13.4 Å². The highest BCUT2D eigenvalue weighted by molar-refractivity contribution is 6.32. The zero-order valence-corrected chi connectivity index (χ0v) is 14.9. The van der Waals surface area contributed by atoms with E-state index in [4.69, 9.17) is 26.8 Å². The second kappa shape index (κ2) is 7.75. The van der Waals surface area contributed by atoms with Crippen LogP contribution in [0.25, 0.3) is 0 Å². The maximum atomic E-state index is 6.20. The third kappa shape index (κ3) is 3.70. The first-order chi connectivity index (χ1) is 12.6. The molecule has 0 aliphatic rings. The Kier molecular flexibility index (Phi) is 5.23. The van der Waals surface area contributed by atoms with Gasteiger partial charge < -0.3 is 25.8 Å². The van der Waals surface area contributed by atoms with Crippen molar-refractivity contribution >= 4 is 40.3 Å². The molecule has 4 N–H and O–H groups in total. The Morgan fingerprint density at radius 3 is 2.27 bits per heavy atom. The van der Waals surface area contributed by atoms with E-state index < -0.39 is 0 Å². The van der Waals surface area contributed by atoms with E-state index in [0.717, 1.165) is 5.69 Å². The topological polar surface area (TPSA) is 107 Å². The Hall–Kier alpha value is -3.26. The number of nitrogens with one attached hydrogen (secondary N) is 2. The number of rotatable bonds is 6. The molecule has 0 fully saturated rings. The first kappa shape index (κ1) is 17.6. The molecule has 0 atom stereocenters. The lowest BCUT2D eigenvalue weighted by Crippen LogP contribution is -2.06. The van der Waals surface area contributed by atoms with Gasteiger partial charge in [0.25, 0.3) is 0 Å². The van der Waals surface area contributed by atoms with Crippen LogP contribution in [-0.2, 0) is 0 Å². The Bertz CT molecular complexity index is 907. The second-order valence-electron chi connectivity index (χ2n) is 5.16. The van der Waals surface area contributed by atoms with Crippen LogP contribution < -0.4 is 25.8 Å². The van der Waals surface area contributed by atoms with E-state index in [1.54, 1.807) is 43.8 Å². The summed E-state index contributed by atoms with van der Waals surface area (Å²) in [4.78, 5) is 12.3. The lowest BCUT2D eigenvalue weighted by atomic mass is 10.2. The summed E-state index contributed by atoms with van der Waals surface area (Å²) < 4.78 is 10.6. The number of aromatic nitrogens is 3. The minimum absolute atomic E-state index is 0.346. The zero-order chi connectivity index (χ0) is 18.5. The van der Waals surface area contributed by atoms with Gasteiger partial charge in [0.15, 0.2) is 11.6 Å². The summed E-state index contributed by atoms with van der Waals surface area (Å²) in [6, 6.07) is 6.97. The third-order valence-corrected chi connectivity index (χ3v) is 3.85. The average molecular weight is 373 g/mol. The summed E-state index contributed by atoms with van der Waals surface area (Å²) in [6.07, 6.45) is 4.74. The van der Waals surface area contributed by atoms with Crippen LogP contribution in [0.2, 0.25) is 5.02 Å². The van der Waals surface area contributed by atoms with Crippen molar-refractivity contribution in [2.45, 2.75) is 0 Å². The summed E-state index contributed by atoms with van der Waals surface area (Å²) in [5, 5.41) is 6.67. The fourth-order valence-corrected chi connectivity index (χ4v) is 2.49. The van der Waals surface area contributed by atoms with Gasteiger partial charge in [0, 0.05) is 24.1 Å². The highest BCUT2D eigenvalue weighted by Crippen LogP contribution is 2.38. The average Bonchev–Trinajstić information content (AvgIpc) is 2.66. The van der Waals surface area contributed by atoms with Gasteiger partial charge in [0.1, 0.15) is 23.5 Å². The van der Waals surface area contributed by atoms with Gasteiger partial charge in [-0.05, 0) is 18.2 Å². The van der Waals surface area contributed by atoms with Crippen LogP contribution in [-0.4, -0.2) is 29.2 Å². The van der Waals surface area contributed by atoms with Gasteiger partial charge in [-0.25, -0.2) is 9.97 Å². The SMILES string of the molecule is COc1cc(OC)c(Nc2ncnc(Nc3ccncc3)c2N)cc1Cl. The van der Waals surface area contributed by atoms with Crippen molar-refractivity contribution in [1.29, 1.82) is 0 Å². The van der Waals surface area contributed by atoms with Crippen LogP contribution in [0, 0.1) is 0 Å². The Labute approximate surface area is 155 Å². The molecule has 3 rings (SSSR count). The summed E-state index contributed by atoms with van der Waals surface area (Å²) in [7, 11) is 3.08. The molecule has 2 heterocycles. The standard InChI is InChI=1S/C17H17ClN6O2/c1-25-13-8-14(26-2)12(7-11(13)18)24-17-15(19)16(21-9-22-17)23-10-3-5-20-6-4-10/h3-9H,19H2,1-2H3,(H2,20,21,22,23,24). The van der Waals surface area contributed by atoms with Crippen molar-refractivity contribution in [2.24, 2.45) is 0 Å². The molecular formula is C17H17ClN6O2. The minimum Gasteiger partial charge on any atom is -0.495 e. The molecule has 9 heteroatoms. The number of pyridine rings is 1. The molecule has 0 aliphatic carbocycles. The monoisotopic (exact) mass is 372 g/mol. The normalized spacial score (nSPS) is 10.3. The second-order valence-corrected chi connectivity index (χ2v) is 5.56. The van der Waals surface area contributed by atoms with E-state index in [2.05, 4.69) is 25.6 Å². The van der Waals surface area contributed by atoms with Crippen LogP contribution in [0.15, 0.2) is 43.0 Å². The van der Waals surface area contributed by atoms with Crippen LogP contribution >= 0.6 is 11.6 Å². The van der Waals surface area contributed by atoms with E-state index in [9.17, 15) is 0 Å². The van der Waals surface area contributed by atoms with Crippen molar-refractivity contribution in [1.82, 2.24) is 15.0 Å². The Morgan fingerprint density at radius 1 is 0.962 bits per heavy atom. The van der Waals surface area contributed by atoms with Crippen molar-refractivity contribution in [3.05, 3.63) is 48.0 Å². The number of hydrogen-bond donors (Lipinski definition) is 3. The predicted octanol–water partition coefficient (Wildman–Crippen LogP) is 3.61. The number of nitrogen functional groups attached to an aromatic ring is 1.